The summed E-state index contributed by atoms with van der Waals surface area (Å²) in [5.41, 5.74) is 1.06. The molecule has 0 atom stereocenters. The van der Waals surface area contributed by atoms with Gasteiger partial charge in [0.25, 0.3) is 0 Å². The molecular formula is C16H22ClNO2. The Hall–Kier alpha value is -1.03. The van der Waals surface area contributed by atoms with Crippen molar-refractivity contribution in [1.29, 1.82) is 0 Å². The number of aliphatic hydroxyl groups excluding tert-OH is 1. The van der Waals surface area contributed by atoms with Crippen molar-refractivity contribution in [3.05, 3.63) is 41.4 Å². The van der Waals surface area contributed by atoms with Gasteiger partial charge in [-0.25, -0.2) is 0 Å². The maximum absolute atomic E-state index is 9.62. The van der Waals surface area contributed by atoms with Gasteiger partial charge in [0.1, 0.15) is 5.75 Å². The van der Waals surface area contributed by atoms with Crippen molar-refractivity contribution >= 4 is 11.6 Å². The highest BCUT2D eigenvalue weighted by molar-refractivity contribution is 6.29. The lowest BCUT2D eigenvalue weighted by atomic mass is 9.91. The Balaban J connectivity index is 2.05. The smallest absolute Gasteiger partial charge is 0.115 e. The van der Waals surface area contributed by atoms with Crippen molar-refractivity contribution in [1.82, 2.24) is 4.90 Å². The first-order valence-electron chi connectivity index (χ1n) is 7.08. The summed E-state index contributed by atoms with van der Waals surface area (Å²) >= 11 is 5.98. The van der Waals surface area contributed by atoms with E-state index in [-0.39, 0.29) is 11.9 Å². The van der Waals surface area contributed by atoms with Crippen molar-refractivity contribution in [2.75, 3.05) is 6.54 Å². The number of benzene rings is 1. The summed E-state index contributed by atoms with van der Waals surface area (Å²) in [6.07, 6.45) is 3.48. The van der Waals surface area contributed by atoms with Crippen molar-refractivity contribution < 1.29 is 10.2 Å². The molecule has 0 heterocycles. The SMILES string of the molecule is C=C(Cl)CN(Cc1cccc(O)c1)C1CCC(O)CC1. The molecule has 1 fully saturated rings. The van der Waals surface area contributed by atoms with Crippen molar-refractivity contribution in [3.63, 3.8) is 0 Å². The van der Waals surface area contributed by atoms with Gasteiger partial charge in [0, 0.05) is 24.2 Å². The van der Waals surface area contributed by atoms with Crippen LogP contribution >= 0.6 is 11.6 Å². The van der Waals surface area contributed by atoms with Crippen LogP contribution in [0.15, 0.2) is 35.9 Å². The number of aliphatic hydroxyl groups is 1. The van der Waals surface area contributed by atoms with Gasteiger partial charge in [-0.3, -0.25) is 4.90 Å². The molecule has 1 aromatic rings. The number of hydrogen-bond donors (Lipinski definition) is 2. The summed E-state index contributed by atoms with van der Waals surface area (Å²) in [5.74, 6) is 0.284. The second-order valence-electron chi connectivity index (χ2n) is 5.55. The van der Waals surface area contributed by atoms with E-state index < -0.39 is 0 Å². The van der Waals surface area contributed by atoms with E-state index in [4.69, 9.17) is 11.6 Å². The van der Waals surface area contributed by atoms with E-state index in [1.807, 2.05) is 12.1 Å². The van der Waals surface area contributed by atoms with E-state index in [2.05, 4.69) is 11.5 Å². The zero-order valence-electron chi connectivity index (χ0n) is 11.6. The van der Waals surface area contributed by atoms with Gasteiger partial charge in [-0.2, -0.15) is 0 Å². The highest BCUT2D eigenvalue weighted by atomic mass is 35.5. The Morgan fingerprint density at radius 2 is 2.00 bits per heavy atom. The minimum absolute atomic E-state index is 0.159. The summed E-state index contributed by atoms with van der Waals surface area (Å²) in [4.78, 5) is 2.29. The molecule has 0 amide bonds. The average molecular weight is 296 g/mol. The lowest BCUT2D eigenvalue weighted by Gasteiger charge is -2.35. The van der Waals surface area contributed by atoms with Gasteiger partial charge in [-0.15, -0.1) is 0 Å². The fourth-order valence-electron chi connectivity index (χ4n) is 2.85. The summed E-state index contributed by atoms with van der Waals surface area (Å²) in [7, 11) is 0. The van der Waals surface area contributed by atoms with Crippen LogP contribution in [0.2, 0.25) is 0 Å². The van der Waals surface area contributed by atoms with E-state index in [0.717, 1.165) is 37.8 Å². The van der Waals surface area contributed by atoms with Gasteiger partial charge in [0.05, 0.1) is 6.10 Å². The zero-order valence-corrected chi connectivity index (χ0v) is 12.4. The number of halogens is 1. The third-order valence-corrected chi connectivity index (χ3v) is 3.97. The molecule has 0 radical (unpaired) electrons. The lowest BCUT2D eigenvalue weighted by molar-refractivity contribution is 0.0752. The van der Waals surface area contributed by atoms with Crippen LogP contribution in [0.25, 0.3) is 0 Å². The summed E-state index contributed by atoms with van der Waals surface area (Å²) in [6, 6.07) is 7.72. The molecule has 0 saturated heterocycles. The Kier molecular flexibility index (Phi) is 5.46. The second-order valence-corrected chi connectivity index (χ2v) is 6.09. The van der Waals surface area contributed by atoms with Crippen molar-refractivity contribution in [2.24, 2.45) is 0 Å². The molecule has 0 aromatic heterocycles. The first-order valence-corrected chi connectivity index (χ1v) is 7.45. The van der Waals surface area contributed by atoms with Crippen molar-refractivity contribution in [2.45, 2.75) is 44.4 Å². The lowest BCUT2D eigenvalue weighted by Crippen LogP contribution is -2.39. The van der Waals surface area contributed by atoms with E-state index in [9.17, 15) is 10.2 Å². The quantitative estimate of drug-likeness (QED) is 0.876. The zero-order chi connectivity index (χ0) is 14.5. The topological polar surface area (TPSA) is 43.7 Å². The maximum atomic E-state index is 9.62. The van der Waals surface area contributed by atoms with E-state index in [0.29, 0.717) is 17.6 Å². The molecule has 0 unspecified atom stereocenters. The molecule has 1 aliphatic rings. The normalized spacial score (nSPS) is 22.9. The Labute approximate surface area is 125 Å². The predicted octanol–water partition coefficient (Wildman–Crippen LogP) is 3.25. The van der Waals surface area contributed by atoms with E-state index >= 15 is 0 Å². The first kappa shape index (κ1) is 15.4. The van der Waals surface area contributed by atoms with Crippen LogP contribution in [0.4, 0.5) is 0 Å². The molecule has 20 heavy (non-hydrogen) atoms. The largest absolute Gasteiger partial charge is 0.508 e. The van der Waals surface area contributed by atoms with Gasteiger partial charge in [0.2, 0.25) is 0 Å². The fraction of sp³-hybridized carbons (Fsp3) is 0.500. The molecule has 1 saturated carbocycles. The molecule has 4 heteroatoms. The van der Waals surface area contributed by atoms with Crippen LogP contribution < -0.4 is 0 Å². The fourth-order valence-corrected chi connectivity index (χ4v) is 3.00. The number of aromatic hydroxyl groups is 1. The van der Waals surface area contributed by atoms with Gasteiger partial charge >= 0.3 is 0 Å². The molecule has 1 aliphatic carbocycles. The highest BCUT2D eigenvalue weighted by Crippen LogP contribution is 2.26. The summed E-state index contributed by atoms with van der Waals surface area (Å²) < 4.78 is 0. The van der Waals surface area contributed by atoms with Gasteiger partial charge in [0.15, 0.2) is 0 Å². The molecule has 1 aromatic carbocycles. The van der Waals surface area contributed by atoms with Gasteiger partial charge < -0.3 is 10.2 Å². The Bertz CT molecular complexity index is 456. The molecule has 0 aliphatic heterocycles. The molecule has 3 nitrogen and oxygen atoms in total. The number of rotatable bonds is 5. The van der Waals surface area contributed by atoms with E-state index in [1.165, 1.54) is 0 Å². The number of hydrogen-bond acceptors (Lipinski definition) is 3. The molecule has 2 rings (SSSR count). The van der Waals surface area contributed by atoms with Crippen LogP contribution in [0.5, 0.6) is 5.75 Å². The number of phenols is 1. The average Bonchev–Trinajstić information content (AvgIpc) is 2.38. The monoisotopic (exact) mass is 295 g/mol. The summed E-state index contributed by atoms with van der Waals surface area (Å²) in [6.45, 7) is 5.16. The first-order chi connectivity index (χ1) is 9.54. The van der Waals surface area contributed by atoms with Crippen LogP contribution in [0, 0.1) is 0 Å². The second kappa shape index (κ2) is 7.11. The molecule has 110 valence electrons. The van der Waals surface area contributed by atoms with Gasteiger partial charge in [-0.05, 0) is 43.4 Å². The third kappa shape index (κ3) is 4.51. The molecule has 0 bridgehead atoms. The van der Waals surface area contributed by atoms with Gasteiger partial charge in [-0.1, -0.05) is 30.3 Å². The summed E-state index contributed by atoms with van der Waals surface area (Å²) in [5, 5.41) is 19.8. The number of nitrogens with zero attached hydrogens (tertiary/aromatic N) is 1. The standard InChI is InChI=1S/C16H22ClNO2/c1-12(17)10-18(14-5-7-15(19)8-6-14)11-13-3-2-4-16(20)9-13/h2-4,9,14-15,19-20H,1,5-8,10-11H2. The molecule has 2 N–H and O–H groups in total. The van der Waals surface area contributed by atoms with E-state index in [1.54, 1.807) is 12.1 Å². The number of phenolic OH excluding ortho intramolecular Hbond substituents is 1. The Morgan fingerprint density at radius 1 is 1.30 bits per heavy atom. The molecular weight excluding hydrogens is 274 g/mol. The van der Waals surface area contributed by atoms with Crippen LogP contribution in [0.1, 0.15) is 31.2 Å². The Morgan fingerprint density at radius 3 is 2.60 bits per heavy atom. The minimum Gasteiger partial charge on any atom is -0.508 e. The molecule has 0 spiro atoms. The van der Waals surface area contributed by atoms with Crippen LogP contribution in [0.3, 0.4) is 0 Å². The maximum Gasteiger partial charge on any atom is 0.115 e. The van der Waals surface area contributed by atoms with Crippen molar-refractivity contribution in [3.8, 4) is 5.75 Å². The third-order valence-electron chi connectivity index (χ3n) is 3.85. The van der Waals surface area contributed by atoms with Crippen LogP contribution in [-0.2, 0) is 6.54 Å². The predicted molar refractivity (Wildman–Crippen MR) is 81.8 cm³/mol. The minimum atomic E-state index is -0.159. The van der Waals surface area contributed by atoms with Crippen LogP contribution in [-0.4, -0.2) is 33.8 Å². The highest BCUT2D eigenvalue weighted by Gasteiger charge is 2.25.